The Hall–Kier alpha value is -1.16. The third-order valence-electron chi connectivity index (χ3n) is 2.50. The molecule has 0 aliphatic heterocycles. The van der Waals surface area contributed by atoms with Crippen LogP contribution in [-0.4, -0.2) is 16.9 Å². The van der Waals surface area contributed by atoms with Crippen molar-refractivity contribution in [2.24, 2.45) is 0 Å². The standard InChI is InChI=1S/C13H20N2OS/c1-3-10(2)17-9-8-13(16)15-12-6-4-11(14)5-7-12/h4-7,10H,3,8-9,14H2,1-2H3,(H,15,16). The van der Waals surface area contributed by atoms with Crippen molar-refractivity contribution in [2.45, 2.75) is 31.9 Å². The first-order valence-corrected chi connectivity index (χ1v) is 6.93. The Bertz CT molecular complexity index is 351. The normalized spacial score (nSPS) is 12.1. The first-order chi connectivity index (χ1) is 8.11. The minimum absolute atomic E-state index is 0.0607. The van der Waals surface area contributed by atoms with Crippen LogP contribution in [0.25, 0.3) is 0 Å². The largest absolute Gasteiger partial charge is 0.399 e. The fraction of sp³-hybridized carbons (Fsp3) is 0.462. The number of carbonyl (C=O) groups excluding carboxylic acids is 1. The second-order valence-corrected chi connectivity index (χ2v) is 5.56. The zero-order chi connectivity index (χ0) is 12.7. The number of carbonyl (C=O) groups is 1. The topological polar surface area (TPSA) is 55.1 Å². The number of nitrogens with one attached hydrogen (secondary N) is 1. The molecule has 0 bridgehead atoms. The van der Waals surface area contributed by atoms with Gasteiger partial charge in [-0.2, -0.15) is 11.8 Å². The Kier molecular flexibility index (Phi) is 5.91. The van der Waals surface area contributed by atoms with Gasteiger partial charge in [0.25, 0.3) is 0 Å². The lowest BCUT2D eigenvalue weighted by atomic mass is 10.3. The Morgan fingerprint density at radius 3 is 2.65 bits per heavy atom. The molecule has 1 rings (SSSR count). The minimum Gasteiger partial charge on any atom is -0.399 e. The van der Waals surface area contributed by atoms with Gasteiger partial charge < -0.3 is 11.1 Å². The molecule has 17 heavy (non-hydrogen) atoms. The molecule has 4 heteroatoms. The lowest BCUT2D eigenvalue weighted by Crippen LogP contribution is -2.12. The van der Waals surface area contributed by atoms with Gasteiger partial charge in [-0.05, 0) is 30.7 Å². The fourth-order valence-electron chi connectivity index (χ4n) is 1.26. The van der Waals surface area contributed by atoms with Crippen molar-refractivity contribution in [3.05, 3.63) is 24.3 Å². The van der Waals surface area contributed by atoms with Gasteiger partial charge in [0.1, 0.15) is 0 Å². The first kappa shape index (κ1) is 13.9. The Morgan fingerprint density at radius 2 is 2.06 bits per heavy atom. The van der Waals surface area contributed by atoms with E-state index in [1.54, 1.807) is 12.1 Å². The lowest BCUT2D eigenvalue weighted by molar-refractivity contribution is -0.115. The molecule has 0 spiro atoms. The molecule has 0 fully saturated rings. The van der Waals surface area contributed by atoms with E-state index in [1.807, 2.05) is 23.9 Å². The van der Waals surface area contributed by atoms with Crippen LogP contribution in [0, 0.1) is 0 Å². The molecule has 0 heterocycles. The van der Waals surface area contributed by atoms with Gasteiger partial charge in [-0.3, -0.25) is 4.79 Å². The van der Waals surface area contributed by atoms with E-state index in [9.17, 15) is 4.79 Å². The van der Waals surface area contributed by atoms with Crippen molar-refractivity contribution < 1.29 is 4.79 Å². The summed E-state index contributed by atoms with van der Waals surface area (Å²) in [5.74, 6) is 0.932. The average molecular weight is 252 g/mol. The average Bonchev–Trinajstić information content (AvgIpc) is 2.32. The Labute approximate surface area is 107 Å². The summed E-state index contributed by atoms with van der Waals surface area (Å²) in [5.41, 5.74) is 7.08. The van der Waals surface area contributed by atoms with Crippen LogP contribution in [-0.2, 0) is 4.79 Å². The van der Waals surface area contributed by atoms with Crippen LogP contribution in [0.5, 0.6) is 0 Å². The van der Waals surface area contributed by atoms with Gasteiger partial charge in [-0.1, -0.05) is 13.8 Å². The van der Waals surface area contributed by atoms with Crippen molar-refractivity contribution >= 4 is 29.0 Å². The molecule has 3 nitrogen and oxygen atoms in total. The molecular formula is C13H20N2OS. The number of hydrogen-bond donors (Lipinski definition) is 2. The summed E-state index contributed by atoms with van der Waals surface area (Å²) < 4.78 is 0. The first-order valence-electron chi connectivity index (χ1n) is 5.88. The van der Waals surface area contributed by atoms with Crippen LogP contribution < -0.4 is 11.1 Å². The van der Waals surface area contributed by atoms with Crippen LogP contribution in [0.3, 0.4) is 0 Å². The molecule has 1 aromatic carbocycles. The summed E-state index contributed by atoms with van der Waals surface area (Å²) in [6.07, 6.45) is 1.70. The van der Waals surface area contributed by atoms with Gasteiger partial charge in [0.15, 0.2) is 0 Å². The number of amides is 1. The highest BCUT2D eigenvalue weighted by Gasteiger charge is 2.04. The van der Waals surface area contributed by atoms with Crippen molar-refractivity contribution in [2.75, 3.05) is 16.8 Å². The second-order valence-electron chi connectivity index (χ2n) is 4.01. The fourth-order valence-corrected chi connectivity index (χ4v) is 2.20. The summed E-state index contributed by atoms with van der Waals surface area (Å²) in [5, 5.41) is 3.48. The third-order valence-corrected chi connectivity index (χ3v) is 3.84. The van der Waals surface area contributed by atoms with Crippen LogP contribution >= 0.6 is 11.8 Å². The van der Waals surface area contributed by atoms with E-state index in [1.165, 1.54) is 0 Å². The molecule has 0 aromatic heterocycles. The number of hydrogen-bond acceptors (Lipinski definition) is 3. The van der Waals surface area contributed by atoms with Crippen LogP contribution in [0.4, 0.5) is 11.4 Å². The molecule has 1 amide bonds. The summed E-state index contributed by atoms with van der Waals surface area (Å²) in [7, 11) is 0. The summed E-state index contributed by atoms with van der Waals surface area (Å²) in [6, 6.07) is 7.19. The number of benzene rings is 1. The predicted octanol–water partition coefficient (Wildman–Crippen LogP) is 3.13. The van der Waals surface area contributed by atoms with E-state index in [0.717, 1.165) is 17.9 Å². The lowest BCUT2D eigenvalue weighted by Gasteiger charge is -2.08. The Balaban J connectivity index is 2.27. The highest BCUT2D eigenvalue weighted by Crippen LogP contribution is 2.15. The maximum absolute atomic E-state index is 11.6. The minimum atomic E-state index is 0.0607. The van der Waals surface area contributed by atoms with Gasteiger partial charge in [0.2, 0.25) is 5.91 Å². The number of anilines is 2. The van der Waals surface area contributed by atoms with Crippen molar-refractivity contribution in [3.8, 4) is 0 Å². The van der Waals surface area contributed by atoms with Crippen LogP contribution in [0.2, 0.25) is 0 Å². The van der Waals surface area contributed by atoms with Crippen LogP contribution in [0.1, 0.15) is 26.7 Å². The smallest absolute Gasteiger partial charge is 0.225 e. The number of nitrogen functional groups attached to an aromatic ring is 1. The van der Waals surface area contributed by atoms with Gasteiger partial charge in [-0.25, -0.2) is 0 Å². The van der Waals surface area contributed by atoms with Gasteiger partial charge in [0, 0.05) is 28.8 Å². The molecule has 3 N–H and O–H groups in total. The predicted molar refractivity (Wildman–Crippen MR) is 76.3 cm³/mol. The summed E-state index contributed by atoms with van der Waals surface area (Å²) in [6.45, 7) is 4.34. The maximum Gasteiger partial charge on any atom is 0.225 e. The molecular weight excluding hydrogens is 232 g/mol. The molecule has 1 unspecified atom stereocenters. The number of thioether (sulfide) groups is 1. The van der Waals surface area contributed by atoms with E-state index >= 15 is 0 Å². The summed E-state index contributed by atoms with van der Waals surface area (Å²) in [4.78, 5) is 11.6. The molecule has 94 valence electrons. The quantitative estimate of drug-likeness (QED) is 0.765. The third kappa shape index (κ3) is 5.63. The SMILES string of the molecule is CCC(C)SCCC(=O)Nc1ccc(N)cc1. The van der Waals surface area contributed by atoms with E-state index in [4.69, 9.17) is 5.73 Å². The van der Waals surface area contributed by atoms with E-state index < -0.39 is 0 Å². The molecule has 1 aromatic rings. The molecule has 1 atom stereocenters. The zero-order valence-electron chi connectivity index (χ0n) is 10.4. The van der Waals surface area contributed by atoms with Gasteiger partial charge in [-0.15, -0.1) is 0 Å². The number of rotatable bonds is 6. The molecule has 0 saturated heterocycles. The van der Waals surface area contributed by atoms with Crippen molar-refractivity contribution in [1.82, 2.24) is 0 Å². The van der Waals surface area contributed by atoms with E-state index in [2.05, 4.69) is 19.2 Å². The van der Waals surface area contributed by atoms with Gasteiger partial charge in [0.05, 0.1) is 0 Å². The molecule has 0 aliphatic carbocycles. The Morgan fingerprint density at radius 1 is 1.41 bits per heavy atom. The second kappa shape index (κ2) is 7.22. The highest BCUT2D eigenvalue weighted by atomic mass is 32.2. The zero-order valence-corrected chi connectivity index (χ0v) is 11.2. The van der Waals surface area contributed by atoms with E-state index in [-0.39, 0.29) is 5.91 Å². The maximum atomic E-state index is 11.6. The van der Waals surface area contributed by atoms with Crippen molar-refractivity contribution in [1.29, 1.82) is 0 Å². The molecule has 0 saturated carbocycles. The monoisotopic (exact) mass is 252 g/mol. The summed E-state index contributed by atoms with van der Waals surface area (Å²) >= 11 is 1.84. The number of nitrogens with two attached hydrogens (primary N) is 1. The van der Waals surface area contributed by atoms with E-state index in [0.29, 0.717) is 17.4 Å². The molecule has 0 aliphatic rings. The van der Waals surface area contributed by atoms with Crippen LogP contribution in [0.15, 0.2) is 24.3 Å². The highest BCUT2D eigenvalue weighted by molar-refractivity contribution is 7.99. The van der Waals surface area contributed by atoms with Crippen molar-refractivity contribution in [3.63, 3.8) is 0 Å². The van der Waals surface area contributed by atoms with Gasteiger partial charge >= 0.3 is 0 Å². The molecule has 0 radical (unpaired) electrons.